The number of rotatable bonds is 10. The molecule has 0 radical (unpaired) electrons. The van der Waals surface area contributed by atoms with Gasteiger partial charge in [-0.2, -0.15) is 0 Å². The molecule has 4 heterocycles. The molecule has 0 bridgehead atoms. The molecule has 6 aromatic rings. The van der Waals surface area contributed by atoms with E-state index in [0.29, 0.717) is 65.6 Å². The molecule has 2 aliphatic heterocycles. The number of hydrogen-bond donors (Lipinski definition) is 2. The molecular weight excluding hydrogens is 807 g/mol. The Morgan fingerprint density at radius 3 is 2.35 bits per heavy atom. The highest BCUT2D eigenvalue weighted by atomic mass is 35.5. The third-order valence-electron chi connectivity index (χ3n) is 10.6. The molecule has 2 aromatic heterocycles. The monoisotopic (exact) mass is 848 g/mol. The molecule has 12 nitrogen and oxygen atoms in total. The number of ether oxygens (including phenoxy) is 3. The number of pyridine rings is 1. The van der Waals surface area contributed by atoms with E-state index in [-0.39, 0.29) is 30.8 Å². The van der Waals surface area contributed by atoms with Gasteiger partial charge in [-0.3, -0.25) is 19.4 Å². The van der Waals surface area contributed by atoms with Gasteiger partial charge in [-0.15, -0.1) is 0 Å². The molecule has 2 amide bonds. The van der Waals surface area contributed by atoms with Crippen molar-refractivity contribution in [2.45, 2.75) is 58.9 Å². The van der Waals surface area contributed by atoms with E-state index < -0.39 is 11.9 Å². The molecule has 0 saturated heterocycles. The van der Waals surface area contributed by atoms with Crippen LogP contribution in [-0.2, 0) is 35.6 Å². The van der Waals surface area contributed by atoms with E-state index in [0.717, 1.165) is 50.2 Å². The van der Waals surface area contributed by atoms with Gasteiger partial charge >= 0.3 is 0 Å². The van der Waals surface area contributed by atoms with Crippen LogP contribution in [-0.4, -0.2) is 57.5 Å². The molecule has 8 rings (SSSR count). The predicted molar refractivity (Wildman–Crippen MR) is 226 cm³/mol. The topological polar surface area (TPSA) is 153 Å². The maximum absolute atomic E-state index is 13.9. The second kappa shape index (κ2) is 18.7. The summed E-state index contributed by atoms with van der Waals surface area (Å²) in [6.07, 6.45) is 3.63. The SMILES string of the molecule is Cc1ncoc1C(=O)N1Cc2cc3c(cc2CC1C(=O)NCCc1ccc(-c2ccnc(C)c2C)cc1)OCC(c1ccc(OCc2ccc(Cl)c(Cl)c2)cc1)O3.O=CO. The van der Waals surface area contributed by atoms with E-state index >= 15 is 0 Å². The van der Waals surface area contributed by atoms with Gasteiger partial charge in [-0.05, 0) is 114 Å². The van der Waals surface area contributed by atoms with Crippen molar-refractivity contribution in [2.24, 2.45) is 0 Å². The van der Waals surface area contributed by atoms with Crippen molar-refractivity contribution < 1.29 is 38.1 Å². The number of carboxylic acid groups (broad SMARTS) is 1. The minimum absolute atomic E-state index is 0.109. The van der Waals surface area contributed by atoms with Gasteiger partial charge in [0.1, 0.15) is 25.0 Å². The summed E-state index contributed by atoms with van der Waals surface area (Å²) in [4.78, 5) is 46.3. The molecule has 4 aromatic carbocycles. The third kappa shape index (κ3) is 9.40. The second-order valence-corrected chi connectivity index (χ2v) is 15.2. The smallest absolute Gasteiger partial charge is 0.292 e. The maximum atomic E-state index is 13.9. The summed E-state index contributed by atoms with van der Waals surface area (Å²) in [5.41, 5.74) is 9.58. The number of nitrogens with one attached hydrogen (secondary N) is 1. The first-order valence-electron chi connectivity index (χ1n) is 19.2. The minimum atomic E-state index is -0.775. The highest BCUT2D eigenvalue weighted by Crippen LogP contribution is 2.41. The van der Waals surface area contributed by atoms with Crippen molar-refractivity contribution >= 4 is 41.5 Å². The molecule has 14 heteroatoms. The highest BCUT2D eigenvalue weighted by Gasteiger charge is 2.38. The van der Waals surface area contributed by atoms with Crippen molar-refractivity contribution in [2.75, 3.05) is 13.2 Å². The van der Waals surface area contributed by atoms with E-state index in [1.165, 1.54) is 6.39 Å². The number of hydrogen-bond acceptors (Lipinski definition) is 9. The lowest BCUT2D eigenvalue weighted by atomic mass is 9.92. The molecule has 0 fully saturated rings. The highest BCUT2D eigenvalue weighted by molar-refractivity contribution is 6.42. The fourth-order valence-corrected chi connectivity index (χ4v) is 7.55. The van der Waals surface area contributed by atoms with Crippen LogP contribution in [0, 0.1) is 20.8 Å². The van der Waals surface area contributed by atoms with Crippen LogP contribution >= 0.6 is 23.2 Å². The van der Waals surface area contributed by atoms with Gasteiger partial charge in [0.05, 0.1) is 15.7 Å². The van der Waals surface area contributed by atoms with Gasteiger partial charge < -0.3 is 34.0 Å². The van der Waals surface area contributed by atoms with Crippen LogP contribution in [0.15, 0.2) is 102 Å². The predicted octanol–water partition coefficient (Wildman–Crippen LogP) is 8.69. The van der Waals surface area contributed by atoms with Gasteiger partial charge in [0.2, 0.25) is 11.7 Å². The largest absolute Gasteiger partial charge is 0.489 e. The van der Waals surface area contributed by atoms with Crippen LogP contribution in [0.4, 0.5) is 0 Å². The molecule has 0 saturated carbocycles. The minimum Gasteiger partial charge on any atom is -0.489 e. The summed E-state index contributed by atoms with van der Waals surface area (Å²) in [7, 11) is 0. The summed E-state index contributed by atoms with van der Waals surface area (Å²) in [5, 5.41) is 11.0. The Bertz CT molecular complexity index is 2510. The number of amides is 2. The van der Waals surface area contributed by atoms with Crippen LogP contribution in [0.3, 0.4) is 0 Å². The number of halogens is 2. The fraction of sp³-hybridized carbons (Fsp3) is 0.239. The quantitative estimate of drug-likeness (QED) is 0.128. The number of benzene rings is 4. The number of aromatic nitrogens is 2. The van der Waals surface area contributed by atoms with Crippen molar-refractivity contribution in [3.05, 3.63) is 158 Å². The number of aryl methyl sites for hydroxylation is 2. The zero-order valence-corrected chi connectivity index (χ0v) is 34.6. The zero-order valence-electron chi connectivity index (χ0n) is 33.1. The Morgan fingerprint density at radius 1 is 0.900 bits per heavy atom. The van der Waals surface area contributed by atoms with Gasteiger partial charge in [0.15, 0.2) is 24.0 Å². The summed E-state index contributed by atoms with van der Waals surface area (Å²) in [5.74, 6) is 1.32. The number of nitrogens with zero attached hydrogens (tertiary/aromatic N) is 3. The lowest BCUT2D eigenvalue weighted by Crippen LogP contribution is -2.53. The molecule has 60 heavy (non-hydrogen) atoms. The molecule has 0 spiro atoms. The first kappa shape index (κ1) is 41.8. The third-order valence-corrected chi connectivity index (χ3v) is 11.4. The van der Waals surface area contributed by atoms with Gasteiger partial charge in [0, 0.05) is 31.4 Å². The molecule has 308 valence electrons. The Hall–Kier alpha value is -6.37. The summed E-state index contributed by atoms with van der Waals surface area (Å²) in [6.45, 7) is 6.78. The van der Waals surface area contributed by atoms with E-state index in [4.69, 9.17) is 51.7 Å². The lowest BCUT2D eigenvalue weighted by Gasteiger charge is -2.37. The zero-order chi connectivity index (χ0) is 42.3. The summed E-state index contributed by atoms with van der Waals surface area (Å²) >= 11 is 12.2. The molecule has 2 N–H and O–H groups in total. The Balaban J connectivity index is 0.00000176. The maximum Gasteiger partial charge on any atom is 0.292 e. The Kier molecular flexibility index (Phi) is 13.0. The average molecular weight is 850 g/mol. The van der Waals surface area contributed by atoms with E-state index in [9.17, 15) is 9.59 Å². The van der Waals surface area contributed by atoms with Gasteiger partial charge in [0.25, 0.3) is 12.4 Å². The van der Waals surface area contributed by atoms with Crippen LogP contribution in [0.1, 0.15) is 61.4 Å². The number of fused-ring (bicyclic) bond motifs is 2. The van der Waals surface area contributed by atoms with Crippen LogP contribution < -0.4 is 19.5 Å². The van der Waals surface area contributed by atoms with Crippen molar-refractivity contribution in [3.8, 4) is 28.4 Å². The first-order chi connectivity index (χ1) is 29.0. The average Bonchev–Trinajstić information content (AvgIpc) is 3.69. The number of oxazole rings is 1. The Labute approximate surface area is 357 Å². The van der Waals surface area contributed by atoms with Gasteiger partial charge in [-0.1, -0.05) is 65.7 Å². The first-order valence-corrected chi connectivity index (χ1v) is 20.0. The van der Waals surface area contributed by atoms with E-state index in [2.05, 4.69) is 46.5 Å². The Morgan fingerprint density at radius 2 is 1.63 bits per heavy atom. The van der Waals surface area contributed by atoms with Crippen molar-refractivity contribution in [3.63, 3.8) is 0 Å². The number of carbonyl (C=O) groups excluding carboxylic acids is 2. The van der Waals surface area contributed by atoms with Crippen LogP contribution in [0.5, 0.6) is 17.2 Å². The van der Waals surface area contributed by atoms with Crippen LogP contribution in [0.25, 0.3) is 11.1 Å². The standard InChI is InChI=1S/C45H40Cl2N4O6.CH2O2/c1-26-27(2)48-17-15-36(26)31-7-4-29(5-8-31)14-16-49-44(52)39-19-33-20-40-41(21-34(33)22-51(39)45(53)43-28(3)50-25-56-43)57-42(24-55-40)32-9-11-35(12-10-32)54-23-30-6-13-37(46)38(47)18-30;2-1-3/h4-13,15,17-18,20-21,25,39,42H,14,16,19,22-24H2,1-3H3,(H,49,52);1H,(H,2,3). The fourth-order valence-electron chi connectivity index (χ4n) is 7.23. The molecule has 2 unspecified atom stereocenters. The van der Waals surface area contributed by atoms with Gasteiger partial charge in [-0.25, -0.2) is 4.98 Å². The van der Waals surface area contributed by atoms with Crippen molar-refractivity contribution in [1.29, 1.82) is 0 Å². The van der Waals surface area contributed by atoms with Crippen LogP contribution in [0.2, 0.25) is 10.0 Å². The molecular formula is C46H42Cl2N4O8. The molecule has 2 atom stereocenters. The van der Waals surface area contributed by atoms with E-state index in [1.807, 2.05) is 61.7 Å². The normalized spacial score (nSPS) is 15.2. The lowest BCUT2D eigenvalue weighted by molar-refractivity contribution is -0.126. The summed E-state index contributed by atoms with van der Waals surface area (Å²) in [6, 6.07) is 26.5. The molecule has 2 aliphatic rings. The second-order valence-electron chi connectivity index (χ2n) is 14.4. The number of carbonyl (C=O) groups is 3. The van der Waals surface area contributed by atoms with Crippen molar-refractivity contribution in [1.82, 2.24) is 20.2 Å². The summed E-state index contributed by atoms with van der Waals surface area (Å²) < 4.78 is 24.2. The molecule has 0 aliphatic carbocycles. The van der Waals surface area contributed by atoms with E-state index in [1.54, 1.807) is 24.0 Å².